The zero-order chi connectivity index (χ0) is 11.2. The molecule has 1 aliphatic heterocycles. The summed E-state index contributed by atoms with van der Waals surface area (Å²) in [6.07, 6.45) is 0. The Morgan fingerprint density at radius 3 is 2.67 bits per heavy atom. The molecule has 2 N–H and O–H groups in total. The minimum atomic E-state index is -3.69. The molecule has 0 radical (unpaired) electrons. The molecular formula is C9H10N2O3S. The van der Waals surface area contributed by atoms with E-state index < -0.39 is 10.0 Å². The van der Waals surface area contributed by atoms with Crippen LogP contribution in [0.5, 0.6) is 0 Å². The molecule has 0 aromatic heterocycles. The lowest BCUT2D eigenvalue weighted by molar-refractivity contribution is 0.0816. The Labute approximate surface area is 87.5 Å². The average Bonchev–Trinajstić information content (AvgIpc) is 2.41. The van der Waals surface area contributed by atoms with Crippen LogP contribution in [0.3, 0.4) is 0 Å². The molecule has 0 spiro atoms. The van der Waals surface area contributed by atoms with Crippen LogP contribution in [0.1, 0.15) is 15.9 Å². The van der Waals surface area contributed by atoms with E-state index in [2.05, 4.69) is 0 Å². The SMILES string of the molecule is CN1Cc2cc(S(N)(=O)=O)ccc2C1=O. The van der Waals surface area contributed by atoms with Gasteiger partial charge in [-0.1, -0.05) is 0 Å². The van der Waals surface area contributed by atoms with Crippen molar-refractivity contribution in [3.05, 3.63) is 29.3 Å². The van der Waals surface area contributed by atoms with E-state index in [-0.39, 0.29) is 10.8 Å². The Morgan fingerprint density at radius 1 is 1.40 bits per heavy atom. The lowest BCUT2D eigenvalue weighted by atomic mass is 10.1. The Morgan fingerprint density at radius 2 is 2.07 bits per heavy atom. The summed E-state index contributed by atoms with van der Waals surface area (Å²) in [5.74, 6) is -0.0917. The molecule has 0 saturated carbocycles. The maximum absolute atomic E-state index is 11.5. The molecule has 0 saturated heterocycles. The number of rotatable bonds is 1. The van der Waals surface area contributed by atoms with E-state index in [1.807, 2.05) is 0 Å². The highest BCUT2D eigenvalue weighted by molar-refractivity contribution is 7.89. The molecule has 0 aliphatic carbocycles. The molecule has 1 heterocycles. The highest BCUT2D eigenvalue weighted by atomic mass is 32.2. The first-order valence-corrected chi connectivity index (χ1v) is 5.85. The number of nitrogens with two attached hydrogens (primary N) is 1. The summed E-state index contributed by atoms with van der Waals surface area (Å²) in [4.78, 5) is 13.1. The average molecular weight is 226 g/mol. The largest absolute Gasteiger partial charge is 0.337 e. The molecule has 80 valence electrons. The number of hydrogen-bond acceptors (Lipinski definition) is 3. The van der Waals surface area contributed by atoms with Crippen molar-refractivity contribution in [3.8, 4) is 0 Å². The van der Waals surface area contributed by atoms with Crippen LogP contribution in [-0.4, -0.2) is 26.3 Å². The molecule has 2 rings (SSSR count). The molecule has 5 nitrogen and oxygen atoms in total. The van der Waals surface area contributed by atoms with Crippen LogP contribution in [0, 0.1) is 0 Å². The first kappa shape index (κ1) is 10.1. The van der Waals surface area contributed by atoms with Crippen molar-refractivity contribution in [2.75, 3.05) is 7.05 Å². The molecule has 1 aromatic carbocycles. The second kappa shape index (κ2) is 3.04. The van der Waals surface area contributed by atoms with E-state index in [4.69, 9.17) is 5.14 Å². The third kappa shape index (κ3) is 1.62. The van der Waals surface area contributed by atoms with E-state index in [0.29, 0.717) is 17.7 Å². The van der Waals surface area contributed by atoms with Gasteiger partial charge in [0.05, 0.1) is 4.90 Å². The van der Waals surface area contributed by atoms with Crippen molar-refractivity contribution in [3.63, 3.8) is 0 Å². The maximum atomic E-state index is 11.5. The number of amides is 1. The van der Waals surface area contributed by atoms with Crippen LogP contribution in [0.15, 0.2) is 23.1 Å². The number of sulfonamides is 1. The number of hydrogen-bond donors (Lipinski definition) is 1. The van der Waals surface area contributed by atoms with Crippen LogP contribution in [0.25, 0.3) is 0 Å². The Kier molecular flexibility index (Phi) is 2.06. The van der Waals surface area contributed by atoms with Gasteiger partial charge >= 0.3 is 0 Å². The van der Waals surface area contributed by atoms with Gasteiger partial charge in [-0.2, -0.15) is 0 Å². The summed E-state index contributed by atoms with van der Waals surface area (Å²) < 4.78 is 22.2. The first-order valence-electron chi connectivity index (χ1n) is 4.31. The van der Waals surface area contributed by atoms with E-state index in [1.165, 1.54) is 23.1 Å². The number of benzene rings is 1. The van der Waals surface area contributed by atoms with E-state index >= 15 is 0 Å². The first-order chi connectivity index (χ1) is 6.89. The summed E-state index contributed by atoms with van der Waals surface area (Å²) in [5.41, 5.74) is 1.25. The molecule has 1 aliphatic rings. The monoisotopic (exact) mass is 226 g/mol. The topological polar surface area (TPSA) is 80.5 Å². The summed E-state index contributed by atoms with van der Waals surface area (Å²) in [6.45, 7) is 0.428. The van der Waals surface area contributed by atoms with Gasteiger partial charge < -0.3 is 4.90 Å². The lowest BCUT2D eigenvalue weighted by Crippen LogP contribution is -2.17. The second-order valence-electron chi connectivity index (χ2n) is 3.53. The minimum absolute atomic E-state index is 0.0457. The third-order valence-corrected chi connectivity index (χ3v) is 3.30. The van der Waals surface area contributed by atoms with Crippen molar-refractivity contribution in [2.45, 2.75) is 11.4 Å². The van der Waals surface area contributed by atoms with Gasteiger partial charge in [0.1, 0.15) is 0 Å². The zero-order valence-electron chi connectivity index (χ0n) is 8.10. The van der Waals surface area contributed by atoms with Crippen molar-refractivity contribution in [2.24, 2.45) is 5.14 Å². The predicted molar refractivity (Wildman–Crippen MR) is 53.6 cm³/mol. The fourth-order valence-corrected chi connectivity index (χ4v) is 2.18. The number of nitrogens with zero attached hydrogens (tertiary/aromatic N) is 1. The second-order valence-corrected chi connectivity index (χ2v) is 5.09. The van der Waals surface area contributed by atoms with Crippen LogP contribution in [-0.2, 0) is 16.6 Å². The Balaban J connectivity index is 2.56. The van der Waals surface area contributed by atoms with Gasteiger partial charge in [-0.05, 0) is 23.8 Å². The molecule has 0 bridgehead atoms. The molecular weight excluding hydrogens is 216 g/mol. The van der Waals surface area contributed by atoms with E-state index in [9.17, 15) is 13.2 Å². The maximum Gasteiger partial charge on any atom is 0.254 e. The molecule has 15 heavy (non-hydrogen) atoms. The molecule has 1 amide bonds. The third-order valence-electron chi connectivity index (χ3n) is 2.39. The van der Waals surface area contributed by atoms with Gasteiger partial charge in [0.15, 0.2) is 0 Å². The fraction of sp³-hybridized carbons (Fsp3) is 0.222. The van der Waals surface area contributed by atoms with Crippen LogP contribution < -0.4 is 5.14 Å². The van der Waals surface area contributed by atoms with E-state index in [1.54, 1.807) is 7.05 Å². The number of primary sulfonamides is 1. The highest BCUT2D eigenvalue weighted by Crippen LogP contribution is 2.23. The van der Waals surface area contributed by atoms with Crippen molar-refractivity contribution < 1.29 is 13.2 Å². The minimum Gasteiger partial charge on any atom is -0.337 e. The lowest BCUT2D eigenvalue weighted by Gasteiger charge is -2.04. The summed E-state index contributed by atoms with van der Waals surface area (Å²) in [7, 11) is -2.02. The molecule has 0 atom stereocenters. The van der Waals surface area contributed by atoms with Crippen LogP contribution in [0.4, 0.5) is 0 Å². The zero-order valence-corrected chi connectivity index (χ0v) is 8.91. The summed E-state index contributed by atoms with van der Waals surface area (Å²) in [5, 5.41) is 4.99. The molecule has 1 aromatic rings. The van der Waals surface area contributed by atoms with Gasteiger partial charge in [0.2, 0.25) is 10.0 Å². The fourth-order valence-electron chi connectivity index (χ4n) is 1.62. The van der Waals surface area contributed by atoms with Gasteiger partial charge in [-0.15, -0.1) is 0 Å². The van der Waals surface area contributed by atoms with Crippen molar-refractivity contribution in [1.82, 2.24) is 4.90 Å². The van der Waals surface area contributed by atoms with Gasteiger partial charge in [0.25, 0.3) is 5.91 Å². The smallest absolute Gasteiger partial charge is 0.254 e. The van der Waals surface area contributed by atoms with E-state index in [0.717, 1.165) is 0 Å². The van der Waals surface area contributed by atoms with Crippen molar-refractivity contribution in [1.29, 1.82) is 0 Å². The standard InChI is InChI=1S/C9H10N2O3S/c1-11-5-6-4-7(15(10,13)14)2-3-8(6)9(11)12/h2-4H,5H2,1H3,(H2,10,13,14). The quantitative estimate of drug-likeness (QED) is 0.727. The number of carbonyl (C=O) groups is 1. The van der Waals surface area contributed by atoms with Gasteiger partial charge in [0, 0.05) is 19.2 Å². The summed E-state index contributed by atoms with van der Waals surface area (Å²) >= 11 is 0. The summed E-state index contributed by atoms with van der Waals surface area (Å²) in [6, 6.07) is 4.30. The molecule has 0 unspecified atom stereocenters. The van der Waals surface area contributed by atoms with Crippen LogP contribution >= 0.6 is 0 Å². The van der Waals surface area contributed by atoms with Gasteiger partial charge in [-0.25, -0.2) is 13.6 Å². The van der Waals surface area contributed by atoms with Gasteiger partial charge in [-0.3, -0.25) is 4.79 Å². The van der Waals surface area contributed by atoms with Crippen LogP contribution in [0.2, 0.25) is 0 Å². The molecule has 0 fully saturated rings. The Bertz CT molecular complexity index is 536. The molecule has 6 heteroatoms. The number of carbonyl (C=O) groups excluding carboxylic acids is 1. The predicted octanol–water partition coefficient (Wildman–Crippen LogP) is -0.0804. The number of fused-ring (bicyclic) bond motifs is 1. The normalized spacial score (nSPS) is 15.6. The van der Waals surface area contributed by atoms with Crippen molar-refractivity contribution >= 4 is 15.9 Å². The highest BCUT2D eigenvalue weighted by Gasteiger charge is 2.25. The Hall–Kier alpha value is -1.40.